The topological polar surface area (TPSA) is 26.3 Å². The molecule has 100 valence electrons. The fourth-order valence-electron chi connectivity index (χ4n) is 1.88. The zero-order chi connectivity index (χ0) is 13.7. The molecule has 0 bridgehead atoms. The van der Waals surface area contributed by atoms with E-state index < -0.39 is 0 Å². The average molecular weight is 248 g/mol. The SMILES string of the molecule is Cc1ccc(C(C)C)cc1CCC(=O)OC(C)C. The molecular weight excluding hydrogens is 224 g/mol. The van der Waals surface area contributed by atoms with Crippen molar-refractivity contribution in [2.24, 2.45) is 0 Å². The van der Waals surface area contributed by atoms with Gasteiger partial charge in [-0.05, 0) is 49.8 Å². The van der Waals surface area contributed by atoms with Crippen LogP contribution < -0.4 is 0 Å². The van der Waals surface area contributed by atoms with Gasteiger partial charge in [-0.1, -0.05) is 32.0 Å². The minimum absolute atomic E-state index is 0.0272. The van der Waals surface area contributed by atoms with Crippen LogP contribution in [-0.4, -0.2) is 12.1 Å². The van der Waals surface area contributed by atoms with Crippen LogP contribution in [0.25, 0.3) is 0 Å². The highest BCUT2D eigenvalue weighted by Crippen LogP contribution is 2.19. The fraction of sp³-hybridized carbons (Fsp3) is 0.562. The molecule has 2 heteroatoms. The van der Waals surface area contributed by atoms with Gasteiger partial charge in [-0.25, -0.2) is 0 Å². The van der Waals surface area contributed by atoms with Gasteiger partial charge in [-0.15, -0.1) is 0 Å². The maximum Gasteiger partial charge on any atom is 0.306 e. The Morgan fingerprint density at radius 3 is 2.44 bits per heavy atom. The van der Waals surface area contributed by atoms with Crippen LogP contribution in [-0.2, 0) is 16.0 Å². The first-order valence-corrected chi connectivity index (χ1v) is 6.69. The smallest absolute Gasteiger partial charge is 0.306 e. The second-order valence-electron chi connectivity index (χ2n) is 5.38. The average Bonchev–Trinajstić information content (AvgIpc) is 2.26. The molecule has 1 rings (SSSR count). The summed E-state index contributed by atoms with van der Waals surface area (Å²) in [4.78, 5) is 11.5. The molecule has 0 saturated heterocycles. The van der Waals surface area contributed by atoms with Crippen LogP contribution in [0.1, 0.15) is 56.7 Å². The van der Waals surface area contributed by atoms with E-state index in [1.807, 2.05) is 13.8 Å². The first kappa shape index (κ1) is 14.7. The molecule has 0 spiro atoms. The van der Waals surface area contributed by atoms with Crippen molar-refractivity contribution in [3.05, 3.63) is 34.9 Å². The third-order valence-corrected chi connectivity index (χ3v) is 3.01. The Labute approximate surface area is 110 Å². The maximum atomic E-state index is 11.5. The molecule has 0 aromatic heterocycles. The van der Waals surface area contributed by atoms with Crippen molar-refractivity contribution in [2.75, 3.05) is 0 Å². The van der Waals surface area contributed by atoms with Crippen LogP contribution in [0, 0.1) is 6.92 Å². The molecule has 0 atom stereocenters. The van der Waals surface area contributed by atoms with Crippen molar-refractivity contribution in [1.82, 2.24) is 0 Å². The van der Waals surface area contributed by atoms with Gasteiger partial charge in [0, 0.05) is 6.42 Å². The van der Waals surface area contributed by atoms with Gasteiger partial charge in [0.25, 0.3) is 0 Å². The van der Waals surface area contributed by atoms with Gasteiger partial charge in [-0.2, -0.15) is 0 Å². The van der Waals surface area contributed by atoms with Gasteiger partial charge in [0.1, 0.15) is 0 Å². The van der Waals surface area contributed by atoms with Gasteiger partial charge >= 0.3 is 5.97 Å². The summed E-state index contributed by atoms with van der Waals surface area (Å²) >= 11 is 0. The second kappa shape index (κ2) is 6.58. The Kier molecular flexibility index (Phi) is 5.39. The van der Waals surface area contributed by atoms with E-state index in [-0.39, 0.29) is 12.1 Å². The molecule has 18 heavy (non-hydrogen) atoms. The third-order valence-electron chi connectivity index (χ3n) is 3.01. The molecular formula is C16H24O2. The van der Waals surface area contributed by atoms with E-state index in [1.54, 1.807) is 0 Å². The quantitative estimate of drug-likeness (QED) is 0.736. The minimum atomic E-state index is -0.112. The molecule has 1 aromatic carbocycles. The largest absolute Gasteiger partial charge is 0.463 e. The second-order valence-corrected chi connectivity index (χ2v) is 5.38. The molecule has 0 heterocycles. The molecule has 0 N–H and O–H groups in total. The van der Waals surface area contributed by atoms with Gasteiger partial charge in [0.2, 0.25) is 0 Å². The molecule has 0 aliphatic rings. The lowest BCUT2D eigenvalue weighted by Gasteiger charge is -2.12. The number of benzene rings is 1. The number of rotatable bonds is 5. The van der Waals surface area contributed by atoms with Crippen LogP contribution in [0.3, 0.4) is 0 Å². The summed E-state index contributed by atoms with van der Waals surface area (Å²) in [6.07, 6.45) is 1.19. The first-order valence-electron chi connectivity index (χ1n) is 6.69. The zero-order valence-corrected chi connectivity index (χ0v) is 12.1. The van der Waals surface area contributed by atoms with E-state index in [2.05, 4.69) is 39.0 Å². The number of hydrogen-bond acceptors (Lipinski definition) is 2. The van der Waals surface area contributed by atoms with Gasteiger partial charge < -0.3 is 4.74 Å². The lowest BCUT2D eigenvalue weighted by molar-refractivity contribution is -0.147. The van der Waals surface area contributed by atoms with E-state index in [0.29, 0.717) is 12.3 Å². The van der Waals surface area contributed by atoms with Crippen molar-refractivity contribution < 1.29 is 9.53 Å². The molecule has 2 nitrogen and oxygen atoms in total. The highest BCUT2D eigenvalue weighted by molar-refractivity contribution is 5.70. The van der Waals surface area contributed by atoms with Gasteiger partial charge in [0.05, 0.1) is 6.10 Å². The van der Waals surface area contributed by atoms with E-state index >= 15 is 0 Å². The Bertz CT molecular complexity index is 406. The number of carbonyl (C=O) groups is 1. The summed E-state index contributed by atoms with van der Waals surface area (Å²) in [6, 6.07) is 6.51. The molecule has 0 aliphatic carbocycles. The van der Waals surface area contributed by atoms with E-state index in [1.165, 1.54) is 16.7 Å². The molecule has 0 amide bonds. The Hall–Kier alpha value is -1.31. The summed E-state index contributed by atoms with van der Waals surface area (Å²) in [6.45, 7) is 10.2. The monoisotopic (exact) mass is 248 g/mol. The van der Waals surface area contributed by atoms with Crippen LogP contribution >= 0.6 is 0 Å². The number of ether oxygens (including phenoxy) is 1. The van der Waals surface area contributed by atoms with E-state index in [0.717, 1.165) is 6.42 Å². The number of carbonyl (C=O) groups excluding carboxylic acids is 1. The lowest BCUT2D eigenvalue weighted by atomic mass is 9.95. The van der Waals surface area contributed by atoms with Crippen molar-refractivity contribution in [1.29, 1.82) is 0 Å². The predicted molar refractivity (Wildman–Crippen MR) is 74.8 cm³/mol. The lowest BCUT2D eigenvalue weighted by Crippen LogP contribution is -2.12. The standard InChI is InChI=1S/C16H24O2/c1-11(2)14-7-6-13(5)15(10-14)8-9-16(17)18-12(3)4/h6-7,10-12H,8-9H2,1-5H3. The molecule has 0 fully saturated rings. The molecule has 0 aliphatic heterocycles. The van der Waals surface area contributed by atoms with Crippen molar-refractivity contribution in [2.45, 2.75) is 59.5 Å². The highest BCUT2D eigenvalue weighted by atomic mass is 16.5. The minimum Gasteiger partial charge on any atom is -0.463 e. The van der Waals surface area contributed by atoms with Crippen LogP contribution in [0.15, 0.2) is 18.2 Å². The Balaban J connectivity index is 2.66. The first-order chi connectivity index (χ1) is 8.40. The van der Waals surface area contributed by atoms with Crippen LogP contribution in [0.4, 0.5) is 0 Å². The Morgan fingerprint density at radius 1 is 1.22 bits per heavy atom. The fourth-order valence-corrected chi connectivity index (χ4v) is 1.88. The molecule has 1 aromatic rings. The van der Waals surface area contributed by atoms with Gasteiger partial charge in [-0.3, -0.25) is 4.79 Å². The molecule has 0 radical (unpaired) electrons. The van der Waals surface area contributed by atoms with E-state index in [9.17, 15) is 4.79 Å². The van der Waals surface area contributed by atoms with Gasteiger partial charge in [0.15, 0.2) is 0 Å². The summed E-state index contributed by atoms with van der Waals surface area (Å²) < 4.78 is 5.15. The van der Waals surface area contributed by atoms with Crippen molar-refractivity contribution in [3.63, 3.8) is 0 Å². The highest BCUT2D eigenvalue weighted by Gasteiger charge is 2.08. The summed E-state index contributed by atoms with van der Waals surface area (Å²) in [5.74, 6) is 0.409. The number of aryl methyl sites for hydroxylation is 2. The number of esters is 1. The molecule has 0 unspecified atom stereocenters. The maximum absolute atomic E-state index is 11.5. The third kappa shape index (κ3) is 4.52. The van der Waals surface area contributed by atoms with Crippen LogP contribution in [0.2, 0.25) is 0 Å². The predicted octanol–water partition coefficient (Wildman–Crippen LogP) is 4.00. The van der Waals surface area contributed by atoms with Crippen LogP contribution in [0.5, 0.6) is 0 Å². The Morgan fingerprint density at radius 2 is 1.89 bits per heavy atom. The summed E-state index contributed by atoms with van der Waals surface area (Å²) in [5.41, 5.74) is 3.83. The van der Waals surface area contributed by atoms with Crippen molar-refractivity contribution in [3.8, 4) is 0 Å². The number of hydrogen-bond donors (Lipinski definition) is 0. The molecule has 0 saturated carbocycles. The summed E-state index contributed by atoms with van der Waals surface area (Å²) in [7, 11) is 0. The summed E-state index contributed by atoms with van der Waals surface area (Å²) in [5, 5.41) is 0. The zero-order valence-electron chi connectivity index (χ0n) is 12.1. The van der Waals surface area contributed by atoms with Crippen molar-refractivity contribution >= 4 is 5.97 Å². The van der Waals surface area contributed by atoms with E-state index in [4.69, 9.17) is 4.74 Å². The normalized spacial score (nSPS) is 11.1.